The van der Waals surface area contributed by atoms with E-state index < -0.39 is 5.60 Å². The molecule has 0 bridgehead atoms. The first-order valence-electron chi connectivity index (χ1n) is 12.6. The number of rotatable bonds is 4. The average Bonchev–Trinajstić information content (AvgIpc) is 3.29. The van der Waals surface area contributed by atoms with Crippen LogP contribution in [-0.2, 0) is 11.3 Å². The van der Waals surface area contributed by atoms with E-state index in [-0.39, 0.29) is 11.3 Å². The Labute approximate surface area is 181 Å². The second-order valence-electron chi connectivity index (χ2n) is 11.6. The van der Waals surface area contributed by atoms with Crippen LogP contribution in [0.4, 0.5) is 0 Å². The third kappa shape index (κ3) is 3.29. The maximum absolute atomic E-state index is 13.3. The molecule has 0 spiro atoms. The van der Waals surface area contributed by atoms with Crippen LogP contribution in [0.5, 0.6) is 0 Å². The van der Waals surface area contributed by atoms with Crippen LogP contribution in [0.25, 0.3) is 0 Å². The molecule has 0 radical (unpaired) electrons. The smallest absolute Gasteiger partial charge is 0.157 e. The molecule has 8 atom stereocenters. The average molecular weight is 413 g/mol. The largest absolute Gasteiger partial charge is 0.390 e. The lowest BCUT2D eigenvalue weighted by molar-refractivity contribution is -0.133. The number of aliphatic hydroxyl groups is 1. The number of hydrogen-bond acceptors (Lipinski definition) is 3. The van der Waals surface area contributed by atoms with Gasteiger partial charge in [0.1, 0.15) is 0 Å². The van der Waals surface area contributed by atoms with Crippen LogP contribution in [-0.4, -0.2) is 26.3 Å². The van der Waals surface area contributed by atoms with E-state index in [9.17, 15) is 9.90 Å². The van der Waals surface area contributed by atoms with Crippen LogP contribution in [0.2, 0.25) is 0 Å². The van der Waals surface area contributed by atoms with Crippen LogP contribution in [0, 0.1) is 47.8 Å². The highest BCUT2D eigenvalue weighted by Gasteiger charge is 2.58. The van der Waals surface area contributed by atoms with Gasteiger partial charge in [-0.25, -0.2) is 0 Å². The molecule has 4 nitrogen and oxygen atoms in total. The Balaban J connectivity index is 1.30. The monoisotopic (exact) mass is 412 g/mol. The minimum atomic E-state index is -0.396. The van der Waals surface area contributed by atoms with E-state index in [0.717, 1.165) is 60.8 Å². The van der Waals surface area contributed by atoms with Crippen molar-refractivity contribution in [2.45, 2.75) is 97.1 Å². The molecule has 1 aromatic rings. The number of hydrogen-bond donors (Lipinski definition) is 1. The van der Waals surface area contributed by atoms with Gasteiger partial charge in [0.2, 0.25) is 0 Å². The summed E-state index contributed by atoms with van der Waals surface area (Å²) in [6.45, 7) is 7.07. The molecule has 4 heteroatoms. The zero-order chi connectivity index (χ0) is 21.1. The third-order valence-electron chi connectivity index (χ3n) is 10.2. The molecule has 0 aliphatic heterocycles. The molecule has 0 aromatic carbocycles. The fraction of sp³-hybridized carbons (Fsp3) is 0.846. The minimum Gasteiger partial charge on any atom is -0.390 e. The van der Waals surface area contributed by atoms with E-state index in [1.165, 1.54) is 38.5 Å². The van der Waals surface area contributed by atoms with Crippen molar-refractivity contribution in [2.24, 2.45) is 40.9 Å². The molecular weight excluding hydrogens is 372 g/mol. The first-order chi connectivity index (χ1) is 14.3. The van der Waals surface area contributed by atoms with Crippen molar-refractivity contribution in [1.82, 2.24) is 9.78 Å². The summed E-state index contributed by atoms with van der Waals surface area (Å²) in [4.78, 5) is 13.3. The normalized spacial score (nSPS) is 45.5. The van der Waals surface area contributed by atoms with Gasteiger partial charge in [-0.1, -0.05) is 13.8 Å². The third-order valence-corrected chi connectivity index (χ3v) is 10.2. The maximum atomic E-state index is 13.3. The lowest BCUT2D eigenvalue weighted by atomic mass is 9.48. The molecule has 1 N–H and O–H groups in total. The number of Topliss-reactive ketones (excluding diaryl/α,β-unsaturated/α-hetero) is 1. The quantitative estimate of drug-likeness (QED) is 0.742. The molecular formula is C26H40N2O2. The maximum Gasteiger partial charge on any atom is 0.157 e. The summed E-state index contributed by atoms with van der Waals surface area (Å²) in [5.74, 6) is 4.53. The predicted molar refractivity (Wildman–Crippen MR) is 118 cm³/mol. The van der Waals surface area contributed by atoms with Crippen molar-refractivity contribution in [3.63, 3.8) is 0 Å². The van der Waals surface area contributed by atoms with Gasteiger partial charge in [-0.3, -0.25) is 9.48 Å². The molecule has 4 aliphatic rings. The fourth-order valence-electron chi connectivity index (χ4n) is 8.64. The number of ketones is 1. The van der Waals surface area contributed by atoms with E-state index in [1.807, 2.05) is 24.0 Å². The van der Waals surface area contributed by atoms with E-state index >= 15 is 0 Å². The van der Waals surface area contributed by atoms with Crippen LogP contribution in [0.15, 0.2) is 12.4 Å². The molecule has 4 fully saturated rings. The van der Waals surface area contributed by atoms with E-state index in [1.54, 1.807) is 0 Å². The molecule has 8 unspecified atom stereocenters. The van der Waals surface area contributed by atoms with Crippen molar-refractivity contribution in [2.75, 3.05) is 0 Å². The summed E-state index contributed by atoms with van der Waals surface area (Å²) < 4.78 is 1.84. The SMILES string of the molecule is CCC1(O)CCC2C(CCC3C2CCC2(C)C(C(=O)Cn4cc(C)cn4)CCC32)C1. The zero-order valence-corrected chi connectivity index (χ0v) is 19.1. The number of carbonyl (C=O) groups excluding carboxylic acids is 1. The number of fused-ring (bicyclic) bond motifs is 5. The first kappa shape index (κ1) is 20.7. The van der Waals surface area contributed by atoms with Crippen LogP contribution in [0.1, 0.15) is 83.6 Å². The van der Waals surface area contributed by atoms with Gasteiger partial charge in [0.25, 0.3) is 0 Å². The Bertz CT molecular complexity index is 803. The van der Waals surface area contributed by atoms with Crippen molar-refractivity contribution >= 4 is 5.78 Å². The molecule has 30 heavy (non-hydrogen) atoms. The van der Waals surface area contributed by atoms with Crippen molar-refractivity contribution in [3.05, 3.63) is 18.0 Å². The van der Waals surface area contributed by atoms with Crippen molar-refractivity contribution < 1.29 is 9.90 Å². The summed E-state index contributed by atoms with van der Waals surface area (Å²) in [7, 11) is 0. The molecule has 1 heterocycles. The summed E-state index contributed by atoms with van der Waals surface area (Å²) in [6, 6.07) is 0. The Kier molecular flexibility index (Phi) is 5.16. The molecule has 5 rings (SSSR count). The van der Waals surface area contributed by atoms with Gasteiger partial charge in [-0.05, 0) is 112 Å². The van der Waals surface area contributed by atoms with Crippen molar-refractivity contribution in [1.29, 1.82) is 0 Å². The molecule has 166 valence electrons. The minimum absolute atomic E-state index is 0.187. The van der Waals surface area contributed by atoms with Gasteiger partial charge in [-0.15, -0.1) is 0 Å². The van der Waals surface area contributed by atoms with E-state index in [2.05, 4.69) is 18.9 Å². The Morgan fingerprint density at radius 2 is 1.93 bits per heavy atom. The summed E-state index contributed by atoms with van der Waals surface area (Å²) in [5, 5.41) is 15.2. The second-order valence-corrected chi connectivity index (χ2v) is 11.6. The van der Waals surface area contributed by atoms with E-state index in [0.29, 0.717) is 12.3 Å². The van der Waals surface area contributed by atoms with E-state index in [4.69, 9.17) is 0 Å². The summed E-state index contributed by atoms with van der Waals surface area (Å²) in [5.41, 5.74) is 0.914. The number of nitrogens with zero attached hydrogens (tertiary/aromatic N) is 2. The molecule has 4 aliphatic carbocycles. The summed E-state index contributed by atoms with van der Waals surface area (Å²) >= 11 is 0. The highest BCUT2D eigenvalue weighted by atomic mass is 16.3. The lowest BCUT2D eigenvalue weighted by Gasteiger charge is -2.57. The highest BCUT2D eigenvalue weighted by Crippen LogP contribution is 2.64. The number of carbonyl (C=O) groups is 1. The number of aromatic nitrogens is 2. The standard InChI is InChI=1S/C26H40N2O2/c1-4-26(30)12-10-19-18(13-26)5-6-21-20(19)9-11-25(3)22(21)7-8-23(25)24(29)16-28-15-17(2)14-27-28/h14-15,18-23,30H,4-13,16H2,1-3H3. The Morgan fingerprint density at radius 3 is 2.67 bits per heavy atom. The van der Waals surface area contributed by atoms with Gasteiger partial charge >= 0.3 is 0 Å². The highest BCUT2D eigenvalue weighted by molar-refractivity contribution is 5.82. The van der Waals surface area contributed by atoms with Gasteiger partial charge < -0.3 is 5.11 Å². The molecule has 0 saturated heterocycles. The van der Waals surface area contributed by atoms with Crippen LogP contribution < -0.4 is 0 Å². The summed E-state index contributed by atoms with van der Waals surface area (Å²) in [6.07, 6.45) is 15.5. The van der Waals surface area contributed by atoms with Crippen LogP contribution >= 0.6 is 0 Å². The fourth-order valence-corrected chi connectivity index (χ4v) is 8.64. The molecule has 1 aromatic heterocycles. The Hall–Kier alpha value is -1.16. The van der Waals surface area contributed by atoms with Crippen LogP contribution in [0.3, 0.4) is 0 Å². The lowest BCUT2D eigenvalue weighted by Crippen LogP contribution is -2.51. The molecule has 4 saturated carbocycles. The topological polar surface area (TPSA) is 55.1 Å². The predicted octanol–water partition coefficient (Wildman–Crippen LogP) is 5.17. The van der Waals surface area contributed by atoms with Gasteiger partial charge in [0.15, 0.2) is 5.78 Å². The van der Waals surface area contributed by atoms with Gasteiger partial charge in [-0.2, -0.15) is 5.10 Å². The number of aryl methyl sites for hydroxylation is 1. The van der Waals surface area contributed by atoms with Gasteiger partial charge in [0.05, 0.1) is 18.3 Å². The second kappa shape index (κ2) is 7.46. The molecule has 0 amide bonds. The first-order valence-corrected chi connectivity index (χ1v) is 12.6. The Morgan fingerprint density at radius 1 is 1.13 bits per heavy atom. The zero-order valence-electron chi connectivity index (χ0n) is 19.1. The van der Waals surface area contributed by atoms with Crippen molar-refractivity contribution in [3.8, 4) is 0 Å². The van der Waals surface area contributed by atoms with Gasteiger partial charge in [0, 0.05) is 12.1 Å².